The number of aliphatic hydroxyl groups excluding tert-OH is 1. The SMILES string of the molecule is C=CCOc1ccc(-c2ccc(C=CCCCC(C)O)cc2)c(F)c1F. The van der Waals surface area contributed by atoms with E-state index in [1.165, 1.54) is 18.2 Å². The van der Waals surface area contributed by atoms with E-state index in [-0.39, 0.29) is 24.0 Å². The second kappa shape index (κ2) is 9.88. The summed E-state index contributed by atoms with van der Waals surface area (Å²) in [5, 5.41) is 9.22. The molecule has 138 valence electrons. The maximum Gasteiger partial charge on any atom is 0.201 e. The number of hydrogen-bond acceptors (Lipinski definition) is 2. The maximum atomic E-state index is 14.3. The van der Waals surface area contributed by atoms with Gasteiger partial charge in [-0.05, 0) is 49.4 Å². The maximum absolute atomic E-state index is 14.3. The summed E-state index contributed by atoms with van der Waals surface area (Å²) in [5.74, 6) is -2.04. The highest BCUT2D eigenvalue weighted by Crippen LogP contribution is 2.30. The smallest absolute Gasteiger partial charge is 0.201 e. The van der Waals surface area contributed by atoms with Crippen molar-refractivity contribution in [2.75, 3.05) is 6.61 Å². The normalized spacial score (nSPS) is 12.3. The van der Waals surface area contributed by atoms with Gasteiger partial charge in [-0.2, -0.15) is 4.39 Å². The van der Waals surface area contributed by atoms with Crippen molar-refractivity contribution in [2.24, 2.45) is 0 Å². The van der Waals surface area contributed by atoms with E-state index in [1.807, 2.05) is 24.3 Å². The van der Waals surface area contributed by atoms with E-state index in [4.69, 9.17) is 4.74 Å². The van der Waals surface area contributed by atoms with E-state index in [9.17, 15) is 13.9 Å². The lowest BCUT2D eigenvalue weighted by Gasteiger charge is -2.09. The summed E-state index contributed by atoms with van der Waals surface area (Å²) >= 11 is 0. The minimum absolute atomic E-state index is 0.119. The Morgan fingerprint density at radius 1 is 1.12 bits per heavy atom. The van der Waals surface area contributed by atoms with Crippen LogP contribution in [0.5, 0.6) is 5.75 Å². The highest BCUT2D eigenvalue weighted by Gasteiger charge is 2.15. The molecular weight excluding hydrogens is 334 g/mol. The van der Waals surface area contributed by atoms with Crippen molar-refractivity contribution >= 4 is 6.08 Å². The van der Waals surface area contributed by atoms with Gasteiger partial charge in [-0.1, -0.05) is 49.1 Å². The first-order valence-corrected chi connectivity index (χ1v) is 8.69. The summed E-state index contributed by atoms with van der Waals surface area (Å²) in [6, 6.07) is 10.2. The second-order valence-electron chi connectivity index (χ2n) is 6.14. The van der Waals surface area contributed by atoms with Crippen molar-refractivity contribution in [3.8, 4) is 16.9 Å². The van der Waals surface area contributed by atoms with E-state index < -0.39 is 11.6 Å². The van der Waals surface area contributed by atoms with Crippen LogP contribution in [0.4, 0.5) is 8.78 Å². The summed E-state index contributed by atoms with van der Waals surface area (Å²) < 4.78 is 33.5. The molecule has 0 aliphatic heterocycles. The van der Waals surface area contributed by atoms with Crippen molar-refractivity contribution in [3.05, 3.63) is 72.3 Å². The van der Waals surface area contributed by atoms with Gasteiger partial charge in [0.2, 0.25) is 5.82 Å². The average molecular weight is 358 g/mol. The number of ether oxygens (including phenoxy) is 1. The minimum atomic E-state index is -0.994. The molecule has 1 unspecified atom stereocenters. The third kappa shape index (κ3) is 5.53. The molecule has 2 aromatic carbocycles. The Morgan fingerprint density at radius 2 is 1.85 bits per heavy atom. The first-order valence-electron chi connectivity index (χ1n) is 8.69. The molecule has 0 aliphatic carbocycles. The predicted molar refractivity (Wildman–Crippen MR) is 102 cm³/mol. The lowest BCUT2D eigenvalue weighted by atomic mass is 10.0. The number of allylic oxidation sites excluding steroid dienone is 1. The van der Waals surface area contributed by atoms with Crippen molar-refractivity contribution in [3.63, 3.8) is 0 Å². The highest BCUT2D eigenvalue weighted by molar-refractivity contribution is 5.67. The fourth-order valence-electron chi connectivity index (χ4n) is 2.54. The van der Waals surface area contributed by atoms with Crippen LogP contribution in [0.1, 0.15) is 31.7 Å². The molecule has 2 nitrogen and oxygen atoms in total. The van der Waals surface area contributed by atoms with Gasteiger partial charge in [0.15, 0.2) is 11.6 Å². The van der Waals surface area contributed by atoms with Crippen LogP contribution in [-0.2, 0) is 0 Å². The molecule has 0 heterocycles. The van der Waals surface area contributed by atoms with Crippen molar-refractivity contribution < 1.29 is 18.6 Å². The molecule has 4 heteroatoms. The van der Waals surface area contributed by atoms with Crippen molar-refractivity contribution in [2.45, 2.75) is 32.3 Å². The van der Waals surface area contributed by atoms with Gasteiger partial charge in [-0.25, -0.2) is 4.39 Å². The lowest BCUT2D eigenvalue weighted by molar-refractivity contribution is 0.182. The van der Waals surface area contributed by atoms with Crippen LogP contribution in [0.3, 0.4) is 0 Å². The molecule has 0 amide bonds. The quantitative estimate of drug-likeness (QED) is 0.456. The molecule has 0 radical (unpaired) electrons. The van der Waals surface area contributed by atoms with Crippen LogP contribution >= 0.6 is 0 Å². The summed E-state index contributed by atoms with van der Waals surface area (Å²) in [5.41, 5.74) is 1.78. The second-order valence-corrected chi connectivity index (χ2v) is 6.14. The molecule has 0 bridgehead atoms. The van der Waals surface area contributed by atoms with E-state index in [0.29, 0.717) is 5.56 Å². The molecule has 2 aromatic rings. The van der Waals surface area contributed by atoms with Gasteiger partial charge in [0.1, 0.15) is 6.61 Å². The largest absolute Gasteiger partial charge is 0.486 e. The molecular formula is C22H24F2O2. The summed E-state index contributed by atoms with van der Waals surface area (Å²) in [7, 11) is 0. The zero-order valence-corrected chi connectivity index (χ0v) is 14.9. The van der Waals surface area contributed by atoms with Gasteiger partial charge in [0.25, 0.3) is 0 Å². The van der Waals surface area contributed by atoms with Gasteiger partial charge in [0, 0.05) is 5.56 Å². The van der Waals surface area contributed by atoms with E-state index in [1.54, 1.807) is 19.1 Å². The highest BCUT2D eigenvalue weighted by atomic mass is 19.2. The predicted octanol–water partition coefficient (Wildman–Crippen LogP) is 5.76. The Hall–Kier alpha value is -2.46. The van der Waals surface area contributed by atoms with Gasteiger partial charge in [-0.3, -0.25) is 0 Å². The van der Waals surface area contributed by atoms with Crippen LogP contribution in [0, 0.1) is 11.6 Å². The van der Waals surface area contributed by atoms with Crippen LogP contribution in [-0.4, -0.2) is 17.8 Å². The fraction of sp³-hybridized carbons (Fsp3) is 0.273. The summed E-state index contributed by atoms with van der Waals surface area (Å²) in [4.78, 5) is 0. The van der Waals surface area contributed by atoms with Crippen LogP contribution < -0.4 is 4.74 Å². The molecule has 0 spiro atoms. The Labute approximate surface area is 153 Å². The number of aliphatic hydroxyl groups is 1. The molecule has 0 fully saturated rings. The number of rotatable bonds is 9. The first kappa shape index (κ1) is 19.9. The molecule has 1 atom stereocenters. The van der Waals surface area contributed by atoms with Crippen LogP contribution in [0.25, 0.3) is 17.2 Å². The molecule has 26 heavy (non-hydrogen) atoms. The van der Waals surface area contributed by atoms with E-state index in [0.717, 1.165) is 24.8 Å². The van der Waals surface area contributed by atoms with Gasteiger partial charge < -0.3 is 9.84 Å². The molecule has 0 aliphatic rings. The number of unbranched alkanes of at least 4 members (excludes halogenated alkanes) is 1. The topological polar surface area (TPSA) is 29.5 Å². The Kier molecular flexibility index (Phi) is 7.54. The summed E-state index contributed by atoms with van der Waals surface area (Å²) in [6.07, 6.45) is 7.82. The minimum Gasteiger partial charge on any atom is -0.486 e. The molecule has 0 saturated carbocycles. The van der Waals surface area contributed by atoms with Crippen molar-refractivity contribution in [1.82, 2.24) is 0 Å². The van der Waals surface area contributed by atoms with Gasteiger partial charge in [-0.15, -0.1) is 0 Å². The van der Waals surface area contributed by atoms with Crippen LogP contribution in [0.15, 0.2) is 55.1 Å². The standard InChI is InChI=1S/C22H24F2O2/c1-3-15-26-20-14-13-19(21(23)22(20)24)18-11-9-17(10-12-18)8-6-4-5-7-16(2)25/h3,6,8-14,16,25H,1,4-5,7,15H2,2H3. The number of benzene rings is 2. The fourth-order valence-corrected chi connectivity index (χ4v) is 2.54. The number of hydrogen-bond donors (Lipinski definition) is 1. The molecule has 0 saturated heterocycles. The van der Waals surface area contributed by atoms with Gasteiger partial charge >= 0.3 is 0 Å². The zero-order valence-electron chi connectivity index (χ0n) is 14.9. The first-order chi connectivity index (χ1) is 12.5. The van der Waals surface area contributed by atoms with E-state index in [2.05, 4.69) is 6.58 Å². The van der Waals surface area contributed by atoms with Crippen LogP contribution in [0.2, 0.25) is 0 Å². The number of halogens is 2. The molecule has 2 rings (SSSR count). The summed E-state index contributed by atoms with van der Waals surface area (Å²) in [6.45, 7) is 5.38. The Morgan fingerprint density at radius 3 is 2.50 bits per heavy atom. The Bertz CT molecular complexity index is 749. The Balaban J connectivity index is 2.07. The van der Waals surface area contributed by atoms with Crippen molar-refractivity contribution in [1.29, 1.82) is 0 Å². The van der Waals surface area contributed by atoms with Gasteiger partial charge in [0.05, 0.1) is 6.10 Å². The van der Waals surface area contributed by atoms with E-state index >= 15 is 0 Å². The monoisotopic (exact) mass is 358 g/mol. The lowest BCUT2D eigenvalue weighted by Crippen LogP contribution is -1.99. The zero-order chi connectivity index (χ0) is 18.9. The third-order valence-corrected chi connectivity index (χ3v) is 3.93. The molecule has 0 aromatic heterocycles. The average Bonchev–Trinajstić information content (AvgIpc) is 2.63. The third-order valence-electron chi connectivity index (χ3n) is 3.93. The molecule has 1 N–H and O–H groups in total.